The van der Waals surface area contributed by atoms with Crippen molar-refractivity contribution in [2.45, 2.75) is 6.92 Å². The van der Waals surface area contributed by atoms with E-state index >= 15 is 0 Å². The molecule has 2 aromatic heterocycles. The van der Waals surface area contributed by atoms with E-state index in [2.05, 4.69) is 10.2 Å². The molecule has 0 aliphatic rings. The van der Waals surface area contributed by atoms with Crippen LogP contribution in [-0.4, -0.2) is 14.6 Å². The molecule has 0 atom stereocenters. The Kier molecular flexibility index (Phi) is 3.67. The molecule has 0 saturated heterocycles. The lowest BCUT2D eigenvalue weighted by atomic mass is 10.1. The normalized spacial score (nSPS) is 12.2. The molecular formula is C18H12ClN3OS. The van der Waals surface area contributed by atoms with Crippen LogP contribution < -0.4 is 10.1 Å². The van der Waals surface area contributed by atoms with Gasteiger partial charge in [0.25, 0.3) is 5.56 Å². The summed E-state index contributed by atoms with van der Waals surface area (Å²) in [6.45, 7) is 2.03. The number of hydrogen-bond donors (Lipinski definition) is 0. The minimum absolute atomic E-state index is 0.129. The molecule has 0 unspecified atom stereocenters. The molecule has 4 rings (SSSR count). The van der Waals surface area contributed by atoms with Gasteiger partial charge in [-0.15, -0.1) is 10.2 Å². The van der Waals surface area contributed by atoms with Crippen LogP contribution >= 0.6 is 22.9 Å². The summed E-state index contributed by atoms with van der Waals surface area (Å²) in [6, 6.07) is 15.3. The fourth-order valence-corrected chi connectivity index (χ4v) is 3.63. The summed E-state index contributed by atoms with van der Waals surface area (Å²) in [5.74, 6) is 0.473. The number of rotatable bonds is 2. The van der Waals surface area contributed by atoms with E-state index in [0.717, 1.165) is 5.56 Å². The fraction of sp³-hybridized carbons (Fsp3) is 0.0556. The minimum Gasteiger partial charge on any atom is -0.267 e. The lowest BCUT2D eigenvalue weighted by Crippen LogP contribution is -2.23. The zero-order valence-electron chi connectivity index (χ0n) is 12.7. The topological polar surface area (TPSA) is 47.3 Å². The molecule has 4 aromatic rings. The number of thiazole rings is 1. The molecule has 0 radical (unpaired) electrons. The van der Waals surface area contributed by atoms with Crippen molar-refractivity contribution < 1.29 is 0 Å². The molecule has 0 bridgehead atoms. The van der Waals surface area contributed by atoms with Crippen LogP contribution in [0, 0.1) is 6.92 Å². The molecule has 24 heavy (non-hydrogen) atoms. The van der Waals surface area contributed by atoms with Gasteiger partial charge in [0, 0.05) is 5.56 Å². The molecule has 2 heterocycles. The quantitative estimate of drug-likeness (QED) is 0.555. The SMILES string of the molecule is Cc1ccc(/C=c2/sc3nnc(-c4ccccc4Cl)n3c2=O)cc1. The third-order valence-electron chi connectivity index (χ3n) is 3.74. The number of aromatic nitrogens is 3. The Hall–Kier alpha value is -2.50. The molecule has 0 N–H and O–H groups in total. The van der Waals surface area contributed by atoms with Gasteiger partial charge in [0.1, 0.15) is 0 Å². The zero-order chi connectivity index (χ0) is 16.7. The first kappa shape index (κ1) is 15.1. The van der Waals surface area contributed by atoms with Gasteiger partial charge in [-0.05, 0) is 30.7 Å². The predicted octanol–water partition coefficient (Wildman–Crippen LogP) is 3.33. The van der Waals surface area contributed by atoms with Gasteiger partial charge in [0.05, 0.1) is 9.55 Å². The van der Waals surface area contributed by atoms with E-state index in [-0.39, 0.29) is 5.56 Å². The number of nitrogens with zero attached hydrogens (tertiary/aromatic N) is 3. The van der Waals surface area contributed by atoms with Gasteiger partial charge in [-0.3, -0.25) is 4.79 Å². The summed E-state index contributed by atoms with van der Waals surface area (Å²) in [5.41, 5.74) is 2.73. The smallest absolute Gasteiger partial charge is 0.267 e. The number of benzene rings is 2. The van der Waals surface area contributed by atoms with E-state index < -0.39 is 0 Å². The third-order valence-corrected chi connectivity index (χ3v) is 5.03. The van der Waals surface area contributed by atoms with Gasteiger partial charge in [0.15, 0.2) is 5.82 Å². The average molecular weight is 354 g/mol. The van der Waals surface area contributed by atoms with Crippen LogP contribution in [0.1, 0.15) is 11.1 Å². The Morgan fingerprint density at radius 3 is 2.58 bits per heavy atom. The second-order valence-electron chi connectivity index (χ2n) is 5.45. The summed E-state index contributed by atoms with van der Waals surface area (Å²) in [5, 5.41) is 8.80. The van der Waals surface area contributed by atoms with E-state index in [1.807, 2.05) is 55.5 Å². The van der Waals surface area contributed by atoms with Crippen LogP contribution in [-0.2, 0) is 0 Å². The molecular weight excluding hydrogens is 342 g/mol. The molecule has 0 fully saturated rings. The Morgan fingerprint density at radius 2 is 1.83 bits per heavy atom. The van der Waals surface area contributed by atoms with Gasteiger partial charge in [-0.25, -0.2) is 4.40 Å². The molecule has 6 heteroatoms. The number of fused-ring (bicyclic) bond motifs is 1. The van der Waals surface area contributed by atoms with Crippen molar-refractivity contribution in [1.82, 2.24) is 14.6 Å². The Labute approximate surface area is 146 Å². The minimum atomic E-state index is -0.129. The highest BCUT2D eigenvalue weighted by Gasteiger charge is 2.15. The second-order valence-corrected chi connectivity index (χ2v) is 6.86. The van der Waals surface area contributed by atoms with Gasteiger partial charge < -0.3 is 0 Å². The van der Waals surface area contributed by atoms with E-state index in [0.29, 0.717) is 25.9 Å². The molecule has 4 nitrogen and oxygen atoms in total. The highest BCUT2D eigenvalue weighted by atomic mass is 35.5. The molecule has 0 aliphatic heterocycles. The van der Waals surface area contributed by atoms with Crippen molar-refractivity contribution >= 4 is 34.0 Å². The van der Waals surface area contributed by atoms with Gasteiger partial charge >= 0.3 is 0 Å². The van der Waals surface area contributed by atoms with E-state index in [1.54, 1.807) is 6.07 Å². The molecule has 0 aliphatic carbocycles. The number of aryl methyl sites for hydroxylation is 1. The van der Waals surface area contributed by atoms with E-state index in [4.69, 9.17) is 11.6 Å². The maximum atomic E-state index is 12.8. The first-order valence-electron chi connectivity index (χ1n) is 7.35. The molecule has 0 saturated carbocycles. The first-order chi connectivity index (χ1) is 11.6. The van der Waals surface area contributed by atoms with Crippen LogP contribution in [0.2, 0.25) is 5.02 Å². The van der Waals surface area contributed by atoms with Gasteiger partial charge in [0.2, 0.25) is 4.96 Å². The average Bonchev–Trinajstić information content (AvgIpc) is 3.11. The summed E-state index contributed by atoms with van der Waals surface area (Å²) in [7, 11) is 0. The molecule has 0 amide bonds. The van der Waals surface area contributed by atoms with Crippen molar-refractivity contribution in [3.05, 3.63) is 79.6 Å². The Bertz CT molecular complexity index is 1150. The summed E-state index contributed by atoms with van der Waals surface area (Å²) < 4.78 is 2.14. The van der Waals surface area contributed by atoms with Crippen molar-refractivity contribution in [1.29, 1.82) is 0 Å². The predicted molar refractivity (Wildman–Crippen MR) is 97.5 cm³/mol. The monoisotopic (exact) mass is 353 g/mol. The highest BCUT2D eigenvalue weighted by molar-refractivity contribution is 7.15. The van der Waals surface area contributed by atoms with E-state index in [1.165, 1.54) is 21.3 Å². The summed E-state index contributed by atoms with van der Waals surface area (Å²) in [4.78, 5) is 13.3. The zero-order valence-corrected chi connectivity index (χ0v) is 14.3. The molecule has 0 spiro atoms. The van der Waals surface area contributed by atoms with E-state index in [9.17, 15) is 4.79 Å². The van der Waals surface area contributed by atoms with Crippen molar-refractivity contribution in [2.24, 2.45) is 0 Å². The summed E-state index contributed by atoms with van der Waals surface area (Å²) >= 11 is 7.55. The second kappa shape index (κ2) is 5.85. The number of halogens is 1. The standard InChI is InChI=1S/C18H12ClN3OS/c1-11-6-8-12(9-7-11)10-15-17(23)22-16(20-21-18(22)24-15)13-4-2-3-5-14(13)19/h2-10H,1H3/b15-10+. The number of hydrogen-bond acceptors (Lipinski definition) is 4. The van der Waals surface area contributed by atoms with Gasteiger partial charge in [-0.1, -0.05) is 64.9 Å². The first-order valence-corrected chi connectivity index (χ1v) is 8.54. The van der Waals surface area contributed by atoms with Crippen molar-refractivity contribution in [3.63, 3.8) is 0 Å². The van der Waals surface area contributed by atoms with Crippen molar-refractivity contribution in [3.8, 4) is 11.4 Å². The summed E-state index contributed by atoms with van der Waals surface area (Å²) in [6.07, 6.45) is 1.87. The van der Waals surface area contributed by atoms with Crippen LogP contribution in [0.4, 0.5) is 0 Å². The third kappa shape index (κ3) is 2.52. The van der Waals surface area contributed by atoms with Crippen LogP contribution in [0.15, 0.2) is 53.3 Å². The largest absolute Gasteiger partial charge is 0.276 e. The fourth-order valence-electron chi connectivity index (χ4n) is 2.49. The van der Waals surface area contributed by atoms with Crippen molar-refractivity contribution in [2.75, 3.05) is 0 Å². The van der Waals surface area contributed by atoms with Crippen LogP contribution in [0.3, 0.4) is 0 Å². The molecule has 118 valence electrons. The Balaban J connectivity index is 1.93. The maximum absolute atomic E-state index is 12.8. The lowest BCUT2D eigenvalue weighted by Gasteiger charge is -1.99. The Morgan fingerprint density at radius 1 is 1.08 bits per heavy atom. The lowest BCUT2D eigenvalue weighted by molar-refractivity contribution is 1.09. The van der Waals surface area contributed by atoms with Crippen LogP contribution in [0.25, 0.3) is 22.4 Å². The maximum Gasteiger partial charge on any atom is 0.276 e. The molecule has 2 aromatic carbocycles. The van der Waals surface area contributed by atoms with Gasteiger partial charge in [-0.2, -0.15) is 0 Å². The highest BCUT2D eigenvalue weighted by Crippen LogP contribution is 2.25. The van der Waals surface area contributed by atoms with Crippen LogP contribution in [0.5, 0.6) is 0 Å².